The van der Waals surface area contributed by atoms with Crippen LogP contribution in [0.4, 0.5) is 5.69 Å². The topological polar surface area (TPSA) is 93.5 Å². The Hall–Kier alpha value is -3.95. The van der Waals surface area contributed by atoms with E-state index in [1.807, 2.05) is 61.5 Å². The predicted molar refractivity (Wildman–Crippen MR) is 174 cm³/mol. The second-order valence-corrected chi connectivity index (χ2v) is 14.3. The molecule has 1 aromatic heterocycles. The van der Waals surface area contributed by atoms with Gasteiger partial charge in [-0.05, 0) is 85.7 Å². The molecule has 0 saturated carbocycles. The minimum atomic E-state index is -3.85. The zero-order valence-electron chi connectivity index (χ0n) is 26.6. The van der Waals surface area contributed by atoms with Crippen molar-refractivity contribution in [3.05, 3.63) is 111 Å². The van der Waals surface area contributed by atoms with Crippen LogP contribution in [0, 0.1) is 27.7 Å². The maximum atomic E-state index is 13.8. The molecule has 1 fully saturated rings. The molecule has 1 N–H and O–H groups in total. The fraction of sp³-hybridized carbons (Fsp3) is 0.371. The molecule has 4 aromatic rings. The number of carbonyl (C=O) groups is 1. The van der Waals surface area contributed by atoms with Crippen LogP contribution in [-0.4, -0.2) is 48.8 Å². The number of sulfonamides is 1. The Balaban J connectivity index is 1.37. The number of amides is 1. The second kappa shape index (κ2) is 12.2. The molecule has 3 aromatic carbocycles. The Morgan fingerprint density at radius 1 is 1.00 bits per heavy atom. The monoisotopic (exact) mass is 614 g/mol. The molecule has 9 heteroatoms. The van der Waals surface area contributed by atoms with E-state index in [1.165, 1.54) is 0 Å². The number of aromatic nitrogens is 2. The summed E-state index contributed by atoms with van der Waals surface area (Å²) in [7, 11) is -3.85. The Morgan fingerprint density at radius 2 is 1.68 bits per heavy atom. The summed E-state index contributed by atoms with van der Waals surface area (Å²) >= 11 is 0. The van der Waals surface area contributed by atoms with Crippen molar-refractivity contribution in [2.45, 2.75) is 71.4 Å². The van der Waals surface area contributed by atoms with Crippen LogP contribution >= 0.6 is 0 Å². The highest BCUT2D eigenvalue weighted by atomic mass is 32.2. The first-order chi connectivity index (χ1) is 20.8. The van der Waals surface area contributed by atoms with Gasteiger partial charge in [0.25, 0.3) is 15.9 Å². The third kappa shape index (κ3) is 6.44. The van der Waals surface area contributed by atoms with Crippen LogP contribution < -0.4 is 4.72 Å². The molecule has 0 aliphatic carbocycles. The average Bonchev–Trinajstić information content (AvgIpc) is 3.25. The molecular formula is C35H42N4O4S. The van der Waals surface area contributed by atoms with Crippen molar-refractivity contribution in [3.63, 3.8) is 0 Å². The lowest BCUT2D eigenvalue weighted by Crippen LogP contribution is -2.43. The quantitative estimate of drug-likeness (QED) is 0.257. The molecule has 2 heterocycles. The zero-order valence-corrected chi connectivity index (χ0v) is 27.5. The SMILES string of the molecule is Cc1cc(C(C)(C)C)cc(S(=O)(=O)Nc2ccc(C(=O)N3CCOCC3c3c(C)nn(Cc4ccccc4)c3C)cc2)c1C. The smallest absolute Gasteiger partial charge is 0.262 e. The lowest BCUT2D eigenvalue weighted by molar-refractivity contribution is -0.00305. The molecule has 1 saturated heterocycles. The van der Waals surface area contributed by atoms with Crippen LogP contribution in [-0.2, 0) is 26.7 Å². The Kier molecular flexibility index (Phi) is 8.73. The van der Waals surface area contributed by atoms with Crippen LogP contribution in [0.25, 0.3) is 0 Å². The molecule has 0 spiro atoms. The van der Waals surface area contributed by atoms with Crippen LogP contribution in [0.15, 0.2) is 71.6 Å². The number of morpholine rings is 1. The van der Waals surface area contributed by atoms with Crippen molar-refractivity contribution in [2.24, 2.45) is 0 Å². The van der Waals surface area contributed by atoms with E-state index < -0.39 is 10.0 Å². The van der Waals surface area contributed by atoms with Gasteiger partial charge in [-0.1, -0.05) is 57.2 Å². The van der Waals surface area contributed by atoms with Gasteiger partial charge in [0, 0.05) is 29.1 Å². The van der Waals surface area contributed by atoms with Gasteiger partial charge in [-0.25, -0.2) is 8.42 Å². The zero-order chi connectivity index (χ0) is 31.8. The van der Waals surface area contributed by atoms with Gasteiger partial charge >= 0.3 is 0 Å². The first-order valence-corrected chi connectivity index (χ1v) is 16.5. The molecular weight excluding hydrogens is 572 g/mol. The predicted octanol–water partition coefficient (Wildman–Crippen LogP) is 6.48. The van der Waals surface area contributed by atoms with E-state index in [-0.39, 0.29) is 22.3 Å². The van der Waals surface area contributed by atoms with Crippen molar-refractivity contribution in [2.75, 3.05) is 24.5 Å². The van der Waals surface area contributed by atoms with Gasteiger partial charge in [0.05, 0.1) is 36.4 Å². The van der Waals surface area contributed by atoms with E-state index in [2.05, 4.69) is 37.6 Å². The summed E-state index contributed by atoms with van der Waals surface area (Å²) in [5.74, 6) is -0.133. The van der Waals surface area contributed by atoms with E-state index in [4.69, 9.17) is 9.84 Å². The fourth-order valence-corrected chi connectivity index (χ4v) is 7.19. The maximum Gasteiger partial charge on any atom is 0.262 e. The summed E-state index contributed by atoms with van der Waals surface area (Å²) in [4.78, 5) is 15.9. The molecule has 1 atom stereocenters. The van der Waals surface area contributed by atoms with Gasteiger partial charge in [0.2, 0.25) is 0 Å². The molecule has 1 aliphatic rings. The number of aryl methyl sites for hydroxylation is 2. The normalized spacial score (nSPS) is 15.8. The van der Waals surface area contributed by atoms with E-state index in [1.54, 1.807) is 30.3 Å². The lowest BCUT2D eigenvalue weighted by Gasteiger charge is -2.36. The number of hydrogen-bond acceptors (Lipinski definition) is 5. The molecule has 5 rings (SSSR count). The van der Waals surface area contributed by atoms with Crippen LogP contribution in [0.5, 0.6) is 0 Å². The Labute approximate surface area is 261 Å². The molecule has 1 unspecified atom stereocenters. The number of carbonyl (C=O) groups excluding carboxylic acids is 1. The van der Waals surface area contributed by atoms with Crippen LogP contribution in [0.2, 0.25) is 0 Å². The van der Waals surface area contributed by atoms with Gasteiger partial charge in [-0.3, -0.25) is 14.2 Å². The third-order valence-electron chi connectivity index (χ3n) is 8.49. The third-order valence-corrected chi connectivity index (χ3v) is 10.0. The van der Waals surface area contributed by atoms with Gasteiger partial charge in [0.15, 0.2) is 0 Å². The summed E-state index contributed by atoms with van der Waals surface area (Å²) in [6.45, 7) is 15.9. The molecule has 44 heavy (non-hydrogen) atoms. The van der Waals surface area contributed by atoms with Crippen LogP contribution in [0.1, 0.15) is 76.4 Å². The number of nitrogens with one attached hydrogen (secondary N) is 1. The maximum absolute atomic E-state index is 13.8. The highest BCUT2D eigenvalue weighted by molar-refractivity contribution is 7.92. The van der Waals surface area contributed by atoms with Crippen molar-refractivity contribution in [3.8, 4) is 0 Å². The highest BCUT2D eigenvalue weighted by Gasteiger charge is 2.33. The first kappa shape index (κ1) is 31.5. The second-order valence-electron chi connectivity index (χ2n) is 12.7. The minimum Gasteiger partial charge on any atom is -0.377 e. The van der Waals surface area contributed by atoms with E-state index in [0.29, 0.717) is 43.1 Å². The van der Waals surface area contributed by atoms with Gasteiger partial charge in [0.1, 0.15) is 0 Å². The van der Waals surface area contributed by atoms with Gasteiger partial charge < -0.3 is 9.64 Å². The standard InChI is InChI=1S/C35H42N4O4S/c1-23-19-29(35(5,6)7)20-32(24(23)2)44(41,42)37-30-15-13-28(14-16-30)34(40)38-17-18-43-22-31(38)33-25(3)36-39(26(33)4)21-27-11-9-8-10-12-27/h8-16,19-20,31,37H,17-18,21-22H2,1-7H3. The molecule has 1 amide bonds. The van der Waals surface area contributed by atoms with Crippen molar-refractivity contribution < 1.29 is 17.9 Å². The molecule has 232 valence electrons. The van der Waals surface area contributed by atoms with Crippen molar-refractivity contribution in [1.82, 2.24) is 14.7 Å². The summed E-state index contributed by atoms with van der Waals surface area (Å²) in [5, 5.41) is 4.81. The number of benzene rings is 3. The molecule has 0 bridgehead atoms. The number of hydrogen-bond donors (Lipinski definition) is 1. The minimum absolute atomic E-state index is 0.133. The molecule has 8 nitrogen and oxygen atoms in total. The lowest BCUT2D eigenvalue weighted by atomic mass is 9.85. The number of anilines is 1. The number of ether oxygens (including phenoxy) is 1. The Morgan fingerprint density at radius 3 is 2.34 bits per heavy atom. The van der Waals surface area contributed by atoms with Crippen molar-refractivity contribution >= 4 is 21.6 Å². The van der Waals surface area contributed by atoms with Crippen LogP contribution in [0.3, 0.4) is 0 Å². The van der Waals surface area contributed by atoms with E-state index >= 15 is 0 Å². The number of nitrogens with zero attached hydrogens (tertiary/aromatic N) is 3. The molecule has 1 aliphatic heterocycles. The van der Waals surface area contributed by atoms with Gasteiger partial charge in [-0.15, -0.1) is 0 Å². The summed E-state index contributed by atoms with van der Waals surface area (Å²) in [6.07, 6.45) is 0. The first-order valence-electron chi connectivity index (χ1n) is 15.0. The number of rotatable bonds is 7. The summed E-state index contributed by atoms with van der Waals surface area (Å²) < 4.78 is 37.5. The Bertz CT molecular complexity index is 1770. The highest BCUT2D eigenvalue weighted by Crippen LogP contribution is 2.32. The van der Waals surface area contributed by atoms with Gasteiger partial charge in [-0.2, -0.15) is 5.10 Å². The summed E-state index contributed by atoms with van der Waals surface area (Å²) in [5.41, 5.74) is 7.31. The largest absolute Gasteiger partial charge is 0.377 e. The van der Waals surface area contributed by atoms with Crippen molar-refractivity contribution in [1.29, 1.82) is 0 Å². The summed E-state index contributed by atoms with van der Waals surface area (Å²) in [6, 6.07) is 20.3. The van der Waals surface area contributed by atoms with E-state index in [9.17, 15) is 13.2 Å². The van der Waals surface area contributed by atoms with E-state index in [0.717, 1.165) is 33.6 Å². The average molecular weight is 615 g/mol. The molecule has 0 radical (unpaired) electrons. The fourth-order valence-electron chi connectivity index (χ4n) is 5.79.